The van der Waals surface area contributed by atoms with Crippen molar-refractivity contribution in [3.05, 3.63) is 12.7 Å². The van der Waals surface area contributed by atoms with Crippen molar-refractivity contribution in [1.82, 2.24) is 4.90 Å². The van der Waals surface area contributed by atoms with Crippen molar-refractivity contribution in [3.63, 3.8) is 0 Å². The normalized spacial score (nSPS) is 27.1. The molecule has 1 aliphatic rings. The molecule has 0 unspecified atom stereocenters. The van der Waals surface area contributed by atoms with Crippen molar-refractivity contribution in [2.75, 3.05) is 19.6 Å². The molecule has 0 spiro atoms. The maximum atomic E-state index is 9.13. The minimum Gasteiger partial charge on any atom is -0.392 e. The summed E-state index contributed by atoms with van der Waals surface area (Å²) >= 11 is 0. The number of β-amino-alcohol motifs (C(OH)–C–C–N with tert-alkyl or cyclic N) is 1. The van der Waals surface area contributed by atoms with Crippen LogP contribution < -0.4 is 0 Å². The molecule has 1 rings (SSSR count). The van der Waals surface area contributed by atoms with Crippen LogP contribution in [0.1, 0.15) is 12.8 Å². The summed E-state index contributed by atoms with van der Waals surface area (Å²) in [6, 6.07) is 0. The number of hydrogen-bond donors (Lipinski definition) is 1. The molecule has 0 radical (unpaired) electrons. The van der Waals surface area contributed by atoms with E-state index in [0.717, 1.165) is 32.5 Å². The van der Waals surface area contributed by atoms with Gasteiger partial charge in [-0.3, -0.25) is 0 Å². The van der Waals surface area contributed by atoms with Gasteiger partial charge in [-0.15, -0.1) is 6.58 Å². The zero-order chi connectivity index (χ0) is 7.40. The van der Waals surface area contributed by atoms with Gasteiger partial charge in [0.1, 0.15) is 0 Å². The topological polar surface area (TPSA) is 23.5 Å². The Bertz CT molecular complexity index is 114. The zero-order valence-electron chi connectivity index (χ0n) is 6.29. The van der Waals surface area contributed by atoms with Crippen molar-refractivity contribution in [3.8, 4) is 0 Å². The van der Waals surface area contributed by atoms with Gasteiger partial charge in [0, 0.05) is 19.6 Å². The molecule has 58 valence electrons. The molecule has 1 fully saturated rings. The second kappa shape index (κ2) is 3.74. The summed E-state index contributed by atoms with van der Waals surface area (Å²) < 4.78 is 0. The van der Waals surface area contributed by atoms with Crippen LogP contribution >= 0.6 is 0 Å². The van der Waals surface area contributed by atoms with Crippen LogP contribution in [0.25, 0.3) is 0 Å². The van der Waals surface area contributed by atoms with E-state index >= 15 is 0 Å². The lowest BCUT2D eigenvalue weighted by Crippen LogP contribution is -2.22. The number of nitrogens with zero attached hydrogens (tertiary/aromatic N) is 1. The molecule has 0 saturated carbocycles. The van der Waals surface area contributed by atoms with Crippen LogP contribution in [0.15, 0.2) is 12.7 Å². The van der Waals surface area contributed by atoms with Crippen LogP contribution in [-0.2, 0) is 0 Å². The Hall–Kier alpha value is -0.340. The average molecular weight is 141 g/mol. The van der Waals surface area contributed by atoms with Crippen LogP contribution in [0.2, 0.25) is 0 Å². The number of hydrogen-bond acceptors (Lipinski definition) is 2. The van der Waals surface area contributed by atoms with Crippen molar-refractivity contribution in [2.24, 2.45) is 0 Å². The first-order valence-electron chi connectivity index (χ1n) is 3.84. The molecular formula is C8H15NO. The fourth-order valence-corrected chi connectivity index (χ4v) is 1.29. The molecule has 0 aromatic heterocycles. The Morgan fingerprint density at radius 2 is 2.50 bits per heavy atom. The second-order valence-corrected chi connectivity index (χ2v) is 2.82. The monoisotopic (exact) mass is 141 g/mol. The molecular weight excluding hydrogens is 126 g/mol. The SMILES string of the molecule is C=CCCN1CC[C@@H](O)C1. The fourth-order valence-electron chi connectivity index (χ4n) is 1.29. The third-order valence-corrected chi connectivity index (χ3v) is 1.90. The molecule has 2 nitrogen and oxygen atoms in total. The minimum absolute atomic E-state index is 0.0789. The van der Waals surface area contributed by atoms with Crippen LogP contribution in [0, 0.1) is 0 Å². The van der Waals surface area contributed by atoms with Gasteiger partial charge in [-0.05, 0) is 12.8 Å². The summed E-state index contributed by atoms with van der Waals surface area (Å²) in [5, 5.41) is 9.13. The highest BCUT2D eigenvalue weighted by Gasteiger charge is 2.18. The Balaban J connectivity index is 2.12. The highest BCUT2D eigenvalue weighted by atomic mass is 16.3. The second-order valence-electron chi connectivity index (χ2n) is 2.82. The van der Waals surface area contributed by atoms with Crippen LogP contribution in [0.5, 0.6) is 0 Å². The van der Waals surface area contributed by atoms with Crippen molar-refractivity contribution < 1.29 is 5.11 Å². The van der Waals surface area contributed by atoms with Crippen molar-refractivity contribution in [1.29, 1.82) is 0 Å². The Morgan fingerprint density at radius 3 is 3.00 bits per heavy atom. The third kappa shape index (κ3) is 2.12. The van der Waals surface area contributed by atoms with E-state index in [1.165, 1.54) is 0 Å². The number of aliphatic hydroxyl groups is 1. The van der Waals surface area contributed by atoms with Gasteiger partial charge in [-0.25, -0.2) is 0 Å². The maximum absolute atomic E-state index is 9.13. The van der Waals surface area contributed by atoms with Gasteiger partial charge >= 0.3 is 0 Å². The molecule has 10 heavy (non-hydrogen) atoms. The van der Waals surface area contributed by atoms with E-state index in [0.29, 0.717) is 0 Å². The van der Waals surface area contributed by atoms with E-state index in [4.69, 9.17) is 5.11 Å². The highest BCUT2D eigenvalue weighted by molar-refractivity contribution is 4.77. The van der Waals surface area contributed by atoms with Gasteiger partial charge in [-0.2, -0.15) is 0 Å². The minimum atomic E-state index is -0.0789. The summed E-state index contributed by atoms with van der Waals surface area (Å²) in [5.74, 6) is 0. The molecule has 1 aliphatic heterocycles. The van der Waals surface area contributed by atoms with Gasteiger partial charge in [0.2, 0.25) is 0 Å². The molecule has 1 atom stereocenters. The molecule has 0 aromatic rings. The Labute approximate surface area is 62.2 Å². The van der Waals surface area contributed by atoms with E-state index in [1.54, 1.807) is 0 Å². The lowest BCUT2D eigenvalue weighted by Gasteiger charge is -2.12. The first-order chi connectivity index (χ1) is 4.83. The molecule has 0 aliphatic carbocycles. The molecule has 0 amide bonds. The van der Waals surface area contributed by atoms with E-state index in [1.807, 2.05) is 6.08 Å². The highest BCUT2D eigenvalue weighted by Crippen LogP contribution is 2.08. The maximum Gasteiger partial charge on any atom is 0.0679 e. The molecule has 0 aromatic carbocycles. The van der Waals surface area contributed by atoms with Gasteiger partial charge in [0.15, 0.2) is 0 Å². The van der Waals surface area contributed by atoms with Gasteiger partial charge in [-0.1, -0.05) is 6.08 Å². The van der Waals surface area contributed by atoms with Crippen LogP contribution in [0.3, 0.4) is 0 Å². The lowest BCUT2D eigenvalue weighted by molar-refractivity contribution is 0.177. The summed E-state index contributed by atoms with van der Waals surface area (Å²) in [4.78, 5) is 2.27. The fraction of sp³-hybridized carbons (Fsp3) is 0.750. The molecule has 1 N–H and O–H groups in total. The molecule has 1 saturated heterocycles. The predicted molar refractivity (Wildman–Crippen MR) is 41.9 cm³/mol. The summed E-state index contributed by atoms with van der Waals surface area (Å²) in [6.45, 7) is 6.61. The third-order valence-electron chi connectivity index (χ3n) is 1.90. The summed E-state index contributed by atoms with van der Waals surface area (Å²) in [5.41, 5.74) is 0. The Morgan fingerprint density at radius 1 is 1.70 bits per heavy atom. The quantitative estimate of drug-likeness (QED) is 0.583. The van der Waals surface area contributed by atoms with E-state index < -0.39 is 0 Å². The Kier molecular flexibility index (Phi) is 2.90. The summed E-state index contributed by atoms with van der Waals surface area (Å²) in [6.07, 6.45) is 3.82. The number of aliphatic hydroxyl groups excluding tert-OH is 1. The van der Waals surface area contributed by atoms with E-state index in [2.05, 4.69) is 11.5 Å². The van der Waals surface area contributed by atoms with Crippen LogP contribution in [0.4, 0.5) is 0 Å². The van der Waals surface area contributed by atoms with Gasteiger partial charge < -0.3 is 10.0 Å². The number of rotatable bonds is 3. The smallest absolute Gasteiger partial charge is 0.0679 e. The lowest BCUT2D eigenvalue weighted by atomic mass is 10.3. The van der Waals surface area contributed by atoms with E-state index in [-0.39, 0.29) is 6.10 Å². The molecule has 1 heterocycles. The van der Waals surface area contributed by atoms with Crippen molar-refractivity contribution >= 4 is 0 Å². The molecule has 2 heteroatoms. The first kappa shape index (κ1) is 7.76. The summed E-state index contributed by atoms with van der Waals surface area (Å²) in [7, 11) is 0. The largest absolute Gasteiger partial charge is 0.392 e. The predicted octanol–water partition coefficient (Wildman–Crippen LogP) is 0.629. The number of likely N-dealkylation sites (tertiary alicyclic amines) is 1. The van der Waals surface area contributed by atoms with Crippen molar-refractivity contribution in [2.45, 2.75) is 18.9 Å². The average Bonchev–Trinajstić information content (AvgIpc) is 2.31. The van der Waals surface area contributed by atoms with E-state index in [9.17, 15) is 0 Å². The van der Waals surface area contributed by atoms with Crippen LogP contribution in [-0.4, -0.2) is 35.7 Å². The van der Waals surface area contributed by atoms with Gasteiger partial charge in [0.05, 0.1) is 6.10 Å². The standard InChI is InChI=1S/C8H15NO/c1-2-3-5-9-6-4-8(10)7-9/h2,8,10H,1,3-7H2/t8-/m1/s1. The zero-order valence-corrected chi connectivity index (χ0v) is 6.29. The first-order valence-corrected chi connectivity index (χ1v) is 3.84. The molecule has 0 bridgehead atoms. The van der Waals surface area contributed by atoms with Gasteiger partial charge in [0.25, 0.3) is 0 Å².